The fourth-order valence-corrected chi connectivity index (χ4v) is 1.24. The molecule has 1 aromatic rings. The van der Waals surface area contributed by atoms with Crippen LogP contribution in [0.3, 0.4) is 0 Å². The quantitative estimate of drug-likeness (QED) is 0.617. The Balaban J connectivity index is 3.01. The first-order valence-electron chi connectivity index (χ1n) is 2.91. The number of nitrogens with zero attached hydrogens (tertiary/aromatic N) is 3. The molecule has 0 atom stereocenters. The number of nitroso groups, excluding NO2 is 1. The van der Waals surface area contributed by atoms with Gasteiger partial charge in [-0.15, -0.1) is 9.28 Å². The van der Waals surface area contributed by atoms with E-state index in [1.54, 1.807) is 0 Å². The molecule has 10 heavy (non-hydrogen) atoms. The molecule has 0 fully saturated rings. The monoisotopic (exact) mass is 157 g/mol. The maximum atomic E-state index is 10.0. The van der Waals surface area contributed by atoms with Gasteiger partial charge in [0.05, 0.1) is 11.7 Å². The Morgan fingerprint density at radius 2 is 2.20 bits per heavy atom. The normalized spacial score (nSPS) is 10.3. The molecule has 0 bridgehead atoms. The van der Waals surface area contributed by atoms with Gasteiger partial charge >= 0.3 is 0 Å². The lowest BCUT2D eigenvalue weighted by Crippen LogP contribution is -1.85. The van der Waals surface area contributed by atoms with E-state index in [0.717, 1.165) is 11.7 Å². The third-order valence-corrected chi connectivity index (χ3v) is 1.66. The molecule has 1 heterocycles. The zero-order chi connectivity index (χ0) is 7.56. The molecule has 5 heteroatoms. The largest absolute Gasteiger partial charge is 0.232 e. The van der Waals surface area contributed by atoms with Crippen LogP contribution < -0.4 is 0 Å². The highest BCUT2D eigenvalue weighted by atomic mass is 32.1. The van der Waals surface area contributed by atoms with E-state index >= 15 is 0 Å². The highest BCUT2D eigenvalue weighted by Gasteiger charge is 2.10. The van der Waals surface area contributed by atoms with Crippen molar-refractivity contribution >= 4 is 17.5 Å². The Labute approximate surface area is 62.6 Å². The van der Waals surface area contributed by atoms with Gasteiger partial charge in [-0.3, -0.25) is 0 Å². The average molecular weight is 157 g/mol. The minimum atomic E-state index is 0.228. The van der Waals surface area contributed by atoms with E-state index in [9.17, 15) is 4.91 Å². The second kappa shape index (κ2) is 2.83. The summed E-state index contributed by atoms with van der Waals surface area (Å²) in [6.07, 6.45) is 0. The van der Waals surface area contributed by atoms with E-state index in [1.807, 2.05) is 13.8 Å². The van der Waals surface area contributed by atoms with E-state index in [0.29, 0.717) is 5.69 Å². The number of aromatic nitrogens is 2. The molecule has 0 unspecified atom stereocenters. The van der Waals surface area contributed by atoms with Gasteiger partial charge in [0.2, 0.25) is 5.82 Å². The minimum Gasteiger partial charge on any atom is -0.175 e. The van der Waals surface area contributed by atoms with Gasteiger partial charge in [0.1, 0.15) is 5.69 Å². The van der Waals surface area contributed by atoms with E-state index in [2.05, 4.69) is 13.9 Å². The zero-order valence-corrected chi connectivity index (χ0v) is 6.55. The molecule has 0 radical (unpaired) electrons. The van der Waals surface area contributed by atoms with Crippen LogP contribution in [0.15, 0.2) is 5.18 Å². The molecule has 0 aliphatic rings. The smallest absolute Gasteiger partial charge is 0.175 e. The third-order valence-electron chi connectivity index (χ3n) is 1.13. The van der Waals surface area contributed by atoms with Crippen molar-refractivity contribution in [2.24, 2.45) is 5.18 Å². The summed E-state index contributed by atoms with van der Waals surface area (Å²) >= 11 is 1.03. The van der Waals surface area contributed by atoms with Gasteiger partial charge in [0.25, 0.3) is 0 Å². The van der Waals surface area contributed by atoms with Gasteiger partial charge in [0.15, 0.2) is 0 Å². The lowest BCUT2D eigenvalue weighted by molar-refractivity contribution is 0.838. The molecule has 0 amide bonds. The Morgan fingerprint density at radius 1 is 1.50 bits per heavy atom. The molecule has 0 N–H and O–H groups in total. The van der Waals surface area contributed by atoms with Crippen LogP contribution >= 0.6 is 11.7 Å². The molecule has 0 aliphatic carbocycles. The van der Waals surface area contributed by atoms with Crippen LogP contribution in [0.2, 0.25) is 0 Å². The topological polar surface area (TPSA) is 55.2 Å². The maximum absolute atomic E-state index is 10.0. The van der Waals surface area contributed by atoms with E-state index in [1.165, 1.54) is 0 Å². The molecule has 0 saturated carbocycles. The Morgan fingerprint density at radius 3 is 2.60 bits per heavy atom. The fraction of sp³-hybridized carbons (Fsp3) is 0.600. The number of rotatable bonds is 2. The summed E-state index contributed by atoms with van der Waals surface area (Å²) in [5.74, 6) is 0.464. The second-order valence-corrected chi connectivity index (χ2v) is 2.75. The molecular weight excluding hydrogens is 150 g/mol. The van der Waals surface area contributed by atoms with Crippen molar-refractivity contribution in [1.82, 2.24) is 8.75 Å². The van der Waals surface area contributed by atoms with Crippen LogP contribution in [0, 0.1) is 4.91 Å². The number of hydrogen-bond donors (Lipinski definition) is 0. The first kappa shape index (κ1) is 7.27. The molecule has 4 nitrogen and oxygen atoms in total. The lowest BCUT2D eigenvalue weighted by Gasteiger charge is -1.95. The molecule has 0 saturated heterocycles. The predicted octanol–water partition coefficient (Wildman–Crippen LogP) is 2.06. The average Bonchev–Trinajstić information content (AvgIpc) is 2.33. The lowest BCUT2D eigenvalue weighted by atomic mass is 10.1. The molecule has 1 aromatic heterocycles. The van der Waals surface area contributed by atoms with E-state index < -0.39 is 0 Å². The first-order valence-corrected chi connectivity index (χ1v) is 3.64. The summed E-state index contributed by atoms with van der Waals surface area (Å²) < 4.78 is 7.63. The van der Waals surface area contributed by atoms with Crippen LogP contribution in [0.1, 0.15) is 25.5 Å². The van der Waals surface area contributed by atoms with Gasteiger partial charge in [-0.05, 0) is 5.18 Å². The molecule has 0 aromatic carbocycles. The van der Waals surface area contributed by atoms with Crippen LogP contribution in [-0.2, 0) is 0 Å². The highest BCUT2D eigenvalue weighted by molar-refractivity contribution is 6.99. The molecule has 1 rings (SSSR count). The zero-order valence-electron chi connectivity index (χ0n) is 5.74. The molecular formula is C5H7N3OS. The first-order chi connectivity index (χ1) is 4.75. The van der Waals surface area contributed by atoms with Crippen molar-refractivity contribution < 1.29 is 0 Å². The Hall–Kier alpha value is -0.840. The van der Waals surface area contributed by atoms with Crippen molar-refractivity contribution in [1.29, 1.82) is 0 Å². The maximum Gasteiger partial charge on any atom is 0.232 e. The minimum absolute atomic E-state index is 0.228. The molecule has 54 valence electrons. The summed E-state index contributed by atoms with van der Waals surface area (Å²) in [5.41, 5.74) is 0.694. The van der Waals surface area contributed by atoms with Crippen LogP contribution in [0.25, 0.3) is 0 Å². The van der Waals surface area contributed by atoms with E-state index in [-0.39, 0.29) is 11.7 Å². The van der Waals surface area contributed by atoms with E-state index in [4.69, 9.17) is 0 Å². The van der Waals surface area contributed by atoms with Gasteiger partial charge in [-0.1, -0.05) is 13.8 Å². The SMILES string of the molecule is CC(C)c1nsnc1N=O. The predicted molar refractivity (Wildman–Crippen MR) is 39.5 cm³/mol. The fourth-order valence-electron chi connectivity index (χ4n) is 0.618. The van der Waals surface area contributed by atoms with Crippen LogP contribution in [0.4, 0.5) is 5.82 Å². The molecule has 0 spiro atoms. The number of hydrogen-bond acceptors (Lipinski definition) is 5. The van der Waals surface area contributed by atoms with Crippen LogP contribution in [0.5, 0.6) is 0 Å². The van der Waals surface area contributed by atoms with Gasteiger partial charge in [0, 0.05) is 5.92 Å². The van der Waals surface area contributed by atoms with Crippen molar-refractivity contribution in [3.8, 4) is 0 Å². The highest BCUT2D eigenvalue weighted by Crippen LogP contribution is 2.23. The molecule has 0 aliphatic heterocycles. The summed E-state index contributed by atoms with van der Waals surface area (Å²) in [5, 5.41) is 2.74. The van der Waals surface area contributed by atoms with Gasteiger partial charge in [-0.25, -0.2) is 0 Å². The summed E-state index contributed by atoms with van der Waals surface area (Å²) in [6, 6.07) is 0. The summed E-state index contributed by atoms with van der Waals surface area (Å²) in [4.78, 5) is 10.0. The Bertz CT molecular complexity index is 233. The van der Waals surface area contributed by atoms with Gasteiger partial charge in [-0.2, -0.15) is 4.37 Å². The van der Waals surface area contributed by atoms with Gasteiger partial charge < -0.3 is 0 Å². The van der Waals surface area contributed by atoms with Crippen molar-refractivity contribution in [2.45, 2.75) is 19.8 Å². The summed E-state index contributed by atoms with van der Waals surface area (Å²) in [7, 11) is 0. The Kier molecular flexibility index (Phi) is 2.06. The summed E-state index contributed by atoms with van der Waals surface area (Å²) in [6.45, 7) is 3.90. The van der Waals surface area contributed by atoms with Crippen molar-refractivity contribution in [3.05, 3.63) is 10.6 Å². The second-order valence-electron chi connectivity index (χ2n) is 2.22. The van der Waals surface area contributed by atoms with Crippen molar-refractivity contribution in [2.75, 3.05) is 0 Å². The third kappa shape index (κ3) is 1.18. The van der Waals surface area contributed by atoms with Crippen molar-refractivity contribution in [3.63, 3.8) is 0 Å². The van der Waals surface area contributed by atoms with Crippen LogP contribution in [-0.4, -0.2) is 8.75 Å². The standard InChI is InChI=1S/C5H7N3OS/c1-3(2)4-5(6-9)8-10-7-4/h3H,1-2H3.